The van der Waals surface area contributed by atoms with Crippen molar-refractivity contribution >= 4 is 10.0 Å². The third kappa shape index (κ3) is 2.22. The Morgan fingerprint density at radius 2 is 2.29 bits per heavy atom. The van der Waals surface area contributed by atoms with Crippen LogP contribution in [-0.4, -0.2) is 39.5 Å². The summed E-state index contributed by atoms with van der Waals surface area (Å²) in [6, 6.07) is 0. The summed E-state index contributed by atoms with van der Waals surface area (Å²) in [6.45, 7) is 0.219. The van der Waals surface area contributed by atoms with Crippen LogP contribution in [0.3, 0.4) is 0 Å². The minimum absolute atomic E-state index is 0.147. The van der Waals surface area contributed by atoms with Gasteiger partial charge in [0.05, 0.1) is 12.7 Å². The SMILES string of the molecule is CN(Cc1nccn1C)S(=O)(=O)c1cn[nH]c1. The first-order valence-corrected chi connectivity index (χ1v) is 6.37. The maximum absolute atomic E-state index is 12.1. The lowest BCUT2D eigenvalue weighted by molar-refractivity contribution is 0.451. The molecule has 0 saturated heterocycles. The highest BCUT2D eigenvalue weighted by Gasteiger charge is 2.22. The van der Waals surface area contributed by atoms with E-state index in [-0.39, 0.29) is 11.4 Å². The van der Waals surface area contributed by atoms with Gasteiger partial charge in [0.2, 0.25) is 10.0 Å². The number of rotatable bonds is 4. The maximum Gasteiger partial charge on any atom is 0.246 e. The highest BCUT2D eigenvalue weighted by atomic mass is 32.2. The number of nitrogens with zero attached hydrogens (tertiary/aromatic N) is 4. The minimum atomic E-state index is -3.50. The molecule has 7 nitrogen and oxygen atoms in total. The van der Waals surface area contributed by atoms with E-state index in [0.29, 0.717) is 5.82 Å². The number of imidazole rings is 1. The molecule has 2 aromatic heterocycles. The van der Waals surface area contributed by atoms with Crippen molar-refractivity contribution in [2.75, 3.05) is 7.05 Å². The minimum Gasteiger partial charge on any atom is -0.337 e. The smallest absolute Gasteiger partial charge is 0.246 e. The number of aromatic nitrogens is 4. The Balaban J connectivity index is 2.22. The summed E-state index contributed by atoms with van der Waals surface area (Å²) in [5.74, 6) is 0.680. The number of hydrogen-bond acceptors (Lipinski definition) is 4. The second kappa shape index (κ2) is 4.30. The Morgan fingerprint density at radius 1 is 1.53 bits per heavy atom. The van der Waals surface area contributed by atoms with E-state index in [1.54, 1.807) is 17.0 Å². The van der Waals surface area contributed by atoms with Crippen LogP contribution in [0.1, 0.15) is 5.82 Å². The predicted octanol–water partition coefficient (Wildman–Crippen LogP) is -0.0361. The zero-order valence-electron chi connectivity index (χ0n) is 9.53. The van der Waals surface area contributed by atoms with Crippen molar-refractivity contribution < 1.29 is 8.42 Å². The monoisotopic (exact) mass is 255 g/mol. The van der Waals surface area contributed by atoms with Crippen molar-refractivity contribution in [3.05, 3.63) is 30.6 Å². The zero-order chi connectivity index (χ0) is 12.5. The van der Waals surface area contributed by atoms with Gasteiger partial charge in [-0.1, -0.05) is 0 Å². The summed E-state index contributed by atoms with van der Waals surface area (Å²) >= 11 is 0. The lowest BCUT2D eigenvalue weighted by atomic mass is 10.6. The molecule has 8 heteroatoms. The van der Waals surface area contributed by atoms with Crippen LogP contribution in [0.25, 0.3) is 0 Å². The van der Waals surface area contributed by atoms with Crippen molar-refractivity contribution in [2.24, 2.45) is 7.05 Å². The number of hydrogen-bond donors (Lipinski definition) is 1. The molecule has 0 amide bonds. The lowest BCUT2D eigenvalue weighted by Crippen LogP contribution is -2.27. The van der Waals surface area contributed by atoms with Crippen LogP contribution in [0.5, 0.6) is 0 Å². The largest absolute Gasteiger partial charge is 0.337 e. The van der Waals surface area contributed by atoms with Gasteiger partial charge in [-0.05, 0) is 0 Å². The second-order valence-electron chi connectivity index (χ2n) is 3.65. The molecule has 0 aliphatic heterocycles. The molecule has 1 N–H and O–H groups in total. The van der Waals surface area contributed by atoms with E-state index in [9.17, 15) is 8.42 Å². The molecule has 2 heterocycles. The van der Waals surface area contributed by atoms with Crippen LogP contribution in [0.15, 0.2) is 29.7 Å². The fourth-order valence-electron chi connectivity index (χ4n) is 1.39. The van der Waals surface area contributed by atoms with Crippen LogP contribution >= 0.6 is 0 Å². The van der Waals surface area contributed by atoms with Crippen LogP contribution in [0.2, 0.25) is 0 Å². The maximum atomic E-state index is 12.1. The van der Waals surface area contributed by atoms with Gasteiger partial charge < -0.3 is 4.57 Å². The van der Waals surface area contributed by atoms with Gasteiger partial charge in [0.15, 0.2) is 0 Å². The fraction of sp³-hybridized carbons (Fsp3) is 0.333. The van der Waals surface area contributed by atoms with E-state index in [0.717, 1.165) is 0 Å². The molecule has 0 aliphatic rings. The molecule has 0 aromatic carbocycles. The van der Waals surface area contributed by atoms with E-state index in [2.05, 4.69) is 15.2 Å². The van der Waals surface area contributed by atoms with E-state index in [1.807, 2.05) is 7.05 Å². The third-order valence-electron chi connectivity index (χ3n) is 2.47. The van der Waals surface area contributed by atoms with Gasteiger partial charge in [0, 0.05) is 32.7 Å². The molecule has 0 aliphatic carbocycles. The topological polar surface area (TPSA) is 83.9 Å². The molecule has 0 unspecified atom stereocenters. The first kappa shape index (κ1) is 11.8. The Bertz CT molecular complexity index is 587. The Labute approximate surface area is 99.1 Å². The van der Waals surface area contributed by atoms with Crippen LogP contribution < -0.4 is 0 Å². The number of nitrogens with one attached hydrogen (secondary N) is 1. The summed E-state index contributed by atoms with van der Waals surface area (Å²) in [6.07, 6.45) is 6.04. The molecular weight excluding hydrogens is 242 g/mol. The Hall–Kier alpha value is -1.67. The molecule has 0 bridgehead atoms. The van der Waals surface area contributed by atoms with Crippen molar-refractivity contribution in [2.45, 2.75) is 11.4 Å². The fourth-order valence-corrected chi connectivity index (χ4v) is 2.43. The summed E-state index contributed by atoms with van der Waals surface area (Å²) in [5, 5.41) is 6.12. The molecule has 0 saturated carbocycles. The first-order valence-electron chi connectivity index (χ1n) is 4.93. The Kier molecular flexibility index (Phi) is 2.99. The summed E-state index contributed by atoms with van der Waals surface area (Å²) in [5.41, 5.74) is 0. The number of H-pyrrole nitrogens is 1. The normalized spacial score (nSPS) is 12.2. The molecule has 0 spiro atoms. The lowest BCUT2D eigenvalue weighted by Gasteiger charge is -2.15. The predicted molar refractivity (Wildman–Crippen MR) is 60.4 cm³/mol. The molecule has 0 radical (unpaired) electrons. The molecule has 17 heavy (non-hydrogen) atoms. The highest BCUT2D eigenvalue weighted by Crippen LogP contribution is 2.13. The average Bonchev–Trinajstić information content (AvgIpc) is 2.90. The standard InChI is InChI=1S/C9H13N5O2S/c1-13-4-3-10-9(13)7-14(2)17(15,16)8-5-11-12-6-8/h3-6H,7H2,1-2H3,(H,11,12). The highest BCUT2D eigenvalue weighted by molar-refractivity contribution is 7.89. The van der Waals surface area contributed by atoms with Crippen molar-refractivity contribution in [3.63, 3.8) is 0 Å². The first-order chi connectivity index (χ1) is 8.01. The summed E-state index contributed by atoms with van der Waals surface area (Å²) < 4.78 is 27.1. The number of aromatic amines is 1. The molecule has 2 aromatic rings. The quantitative estimate of drug-likeness (QED) is 0.831. The average molecular weight is 255 g/mol. The number of aryl methyl sites for hydroxylation is 1. The van der Waals surface area contributed by atoms with Gasteiger partial charge in [-0.3, -0.25) is 5.10 Å². The van der Waals surface area contributed by atoms with Crippen LogP contribution in [0.4, 0.5) is 0 Å². The molecule has 0 fully saturated rings. The third-order valence-corrected chi connectivity index (χ3v) is 4.24. The van der Waals surface area contributed by atoms with E-state index in [4.69, 9.17) is 0 Å². The van der Waals surface area contributed by atoms with Gasteiger partial charge in [0.25, 0.3) is 0 Å². The van der Waals surface area contributed by atoms with Crippen LogP contribution in [0, 0.1) is 0 Å². The van der Waals surface area contributed by atoms with E-state index >= 15 is 0 Å². The van der Waals surface area contributed by atoms with Gasteiger partial charge in [-0.2, -0.15) is 9.40 Å². The van der Waals surface area contributed by atoms with E-state index in [1.165, 1.54) is 23.7 Å². The summed E-state index contributed by atoms with van der Waals surface area (Å²) in [4.78, 5) is 4.23. The molecule has 0 atom stereocenters. The van der Waals surface area contributed by atoms with Gasteiger partial charge in [-0.15, -0.1) is 0 Å². The molecular formula is C9H13N5O2S. The zero-order valence-corrected chi connectivity index (χ0v) is 10.3. The van der Waals surface area contributed by atoms with Crippen molar-refractivity contribution in [1.82, 2.24) is 24.1 Å². The Morgan fingerprint density at radius 3 is 2.82 bits per heavy atom. The van der Waals surface area contributed by atoms with Gasteiger partial charge in [-0.25, -0.2) is 13.4 Å². The number of sulfonamides is 1. The summed E-state index contributed by atoms with van der Waals surface area (Å²) in [7, 11) is -0.171. The second-order valence-corrected chi connectivity index (χ2v) is 5.69. The van der Waals surface area contributed by atoms with Crippen molar-refractivity contribution in [3.8, 4) is 0 Å². The van der Waals surface area contributed by atoms with Crippen LogP contribution in [-0.2, 0) is 23.6 Å². The molecule has 92 valence electrons. The van der Waals surface area contributed by atoms with Gasteiger partial charge in [0.1, 0.15) is 10.7 Å². The molecule has 2 rings (SSSR count). The van der Waals surface area contributed by atoms with Gasteiger partial charge >= 0.3 is 0 Å². The van der Waals surface area contributed by atoms with Crippen molar-refractivity contribution in [1.29, 1.82) is 0 Å². The van der Waals surface area contributed by atoms with E-state index < -0.39 is 10.0 Å².